The maximum Gasteiger partial charge on any atom is 0.350 e. The van der Waals surface area contributed by atoms with Crippen LogP contribution >= 0.6 is 11.3 Å². The predicted octanol–water partition coefficient (Wildman–Crippen LogP) is 4.37. The number of aryl methyl sites for hydroxylation is 1. The van der Waals surface area contributed by atoms with Gasteiger partial charge in [0.15, 0.2) is 6.04 Å². The Balaban J connectivity index is 0.00000166. The van der Waals surface area contributed by atoms with Crippen molar-refractivity contribution in [3.8, 4) is 0 Å². The fraction of sp³-hybridized carbons (Fsp3) is 0.500. The second-order valence-corrected chi connectivity index (χ2v) is 8.78. The van der Waals surface area contributed by atoms with Crippen LogP contribution in [0.1, 0.15) is 53.4 Å². The summed E-state index contributed by atoms with van der Waals surface area (Å²) in [6.45, 7) is 6.88. The molecule has 2 heterocycles. The molecule has 2 aromatic rings. The van der Waals surface area contributed by atoms with E-state index >= 15 is 0 Å². The van der Waals surface area contributed by atoms with Crippen molar-refractivity contribution in [2.45, 2.75) is 52.1 Å². The van der Waals surface area contributed by atoms with E-state index in [2.05, 4.69) is 36.5 Å². The number of benzene rings is 1. The summed E-state index contributed by atoms with van der Waals surface area (Å²) in [5, 5.41) is 12.0. The lowest BCUT2D eigenvalue weighted by atomic mass is 9.98. The van der Waals surface area contributed by atoms with Crippen molar-refractivity contribution >= 4 is 28.9 Å². The molecule has 1 saturated heterocycles. The van der Waals surface area contributed by atoms with Gasteiger partial charge in [0.1, 0.15) is 11.4 Å². The van der Waals surface area contributed by atoms with Gasteiger partial charge in [-0.15, -0.1) is 11.3 Å². The van der Waals surface area contributed by atoms with Crippen molar-refractivity contribution in [1.29, 1.82) is 0 Å². The monoisotopic (exact) mass is 447 g/mol. The summed E-state index contributed by atoms with van der Waals surface area (Å²) in [6.07, 6.45) is 4.27. The normalized spacial score (nSPS) is 15.9. The first-order valence-electron chi connectivity index (χ1n) is 10.8. The minimum atomic E-state index is -0.405. The van der Waals surface area contributed by atoms with Crippen molar-refractivity contribution < 1.29 is 23.9 Å². The number of nitrogens with one attached hydrogen (secondary N) is 1. The molecule has 1 fully saturated rings. The number of piperidine rings is 1. The number of rotatable bonds is 7. The SMILES string of the molecule is CCC(C(=O)Nc1c(C)csc1C(=O)OC)[N+]1(Cc2ccccc2)CCCCC1.CO. The van der Waals surface area contributed by atoms with Crippen molar-refractivity contribution in [2.24, 2.45) is 0 Å². The third-order valence-corrected chi connectivity index (χ3v) is 7.07. The van der Waals surface area contributed by atoms with Crippen molar-refractivity contribution in [2.75, 3.05) is 32.6 Å². The van der Waals surface area contributed by atoms with E-state index in [-0.39, 0.29) is 11.9 Å². The molecule has 2 N–H and O–H groups in total. The highest BCUT2D eigenvalue weighted by atomic mass is 32.1. The van der Waals surface area contributed by atoms with Gasteiger partial charge in [-0.2, -0.15) is 0 Å². The Hall–Kier alpha value is -2.22. The van der Waals surface area contributed by atoms with Crippen LogP contribution in [0.3, 0.4) is 0 Å². The standard InChI is InChI=1S/C23H30N2O3S.CH4O/c1-4-19(22(26)24-20-17(2)16-29-21(20)23(27)28-3)25(13-9-6-10-14-25)15-18-11-7-5-8-12-18;1-2/h5,7-8,11-12,16,19H,4,6,9-10,13-15H2,1-3H3;2H,1H3/p+1. The van der Waals surface area contributed by atoms with Gasteiger partial charge >= 0.3 is 5.97 Å². The number of aliphatic hydroxyl groups is 1. The Labute approximate surface area is 189 Å². The molecule has 31 heavy (non-hydrogen) atoms. The summed E-state index contributed by atoms with van der Waals surface area (Å²) in [4.78, 5) is 26.0. The van der Waals surface area contributed by atoms with E-state index in [9.17, 15) is 9.59 Å². The second kappa shape index (κ2) is 12.0. The van der Waals surface area contributed by atoms with Gasteiger partial charge in [0.05, 0.1) is 25.9 Å². The molecule has 170 valence electrons. The number of amides is 1. The first-order chi connectivity index (χ1) is 15.0. The predicted molar refractivity (Wildman–Crippen MR) is 125 cm³/mol. The number of ether oxygens (including phenoxy) is 1. The zero-order valence-electron chi connectivity index (χ0n) is 19.0. The molecule has 3 rings (SSSR count). The zero-order valence-corrected chi connectivity index (χ0v) is 19.8. The van der Waals surface area contributed by atoms with Crippen LogP contribution in [0.2, 0.25) is 0 Å². The molecule has 1 atom stereocenters. The summed E-state index contributed by atoms with van der Waals surface area (Å²) >= 11 is 1.31. The van der Waals surface area contributed by atoms with Crippen molar-refractivity contribution in [1.82, 2.24) is 0 Å². The van der Waals surface area contributed by atoms with E-state index in [0.717, 1.165) is 56.1 Å². The maximum absolute atomic E-state index is 13.5. The van der Waals surface area contributed by atoms with E-state index < -0.39 is 5.97 Å². The van der Waals surface area contributed by atoms with Gasteiger partial charge in [0, 0.05) is 19.1 Å². The number of esters is 1. The molecule has 1 amide bonds. The number of quaternary nitrogens is 1. The number of carbonyl (C=O) groups is 2. The molecule has 0 radical (unpaired) electrons. The van der Waals surface area contributed by atoms with Crippen LogP contribution in [0.4, 0.5) is 5.69 Å². The molecule has 1 aromatic heterocycles. The molecule has 0 aliphatic carbocycles. The lowest BCUT2D eigenvalue weighted by Gasteiger charge is -2.46. The lowest BCUT2D eigenvalue weighted by Crippen LogP contribution is -2.61. The highest BCUT2D eigenvalue weighted by Gasteiger charge is 2.42. The lowest BCUT2D eigenvalue weighted by molar-refractivity contribution is -0.959. The Bertz CT molecular complexity index is 845. The number of hydrogen-bond donors (Lipinski definition) is 2. The van der Waals surface area contributed by atoms with E-state index in [0.29, 0.717) is 10.6 Å². The number of carbonyl (C=O) groups excluding carboxylic acids is 2. The molecule has 0 spiro atoms. The molecule has 0 bridgehead atoms. The summed E-state index contributed by atoms with van der Waals surface area (Å²) < 4.78 is 5.67. The van der Waals surface area contributed by atoms with Crippen molar-refractivity contribution in [3.63, 3.8) is 0 Å². The first kappa shape index (κ1) is 25.0. The Kier molecular flexibility index (Phi) is 9.68. The molecule has 7 heteroatoms. The van der Waals surface area contributed by atoms with Gasteiger partial charge in [-0.25, -0.2) is 4.79 Å². The van der Waals surface area contributed by atoms with Crippen LogP contribution < -0.4 is 5.32 Å². The maximum atomic E-state index is 13.5. The third kappa shape index (κ3) is 5.93. The highest BCUT2D eigenvalue weighted by molar-refractivity contribution is 7.12. The van der Waals surface area contributed by atoms with Crippen LogP contribution in [0.5, 0.6) is 0 Å². The second-order valence-electron chi connectivity index (χ2n) is 7.90. The van der Waals surface area contributed by atoms with Crippen LogP contribution in [-0.4, -0.2) is 54.8 Å². The average Bonchev–Trinajstić information content (AvgIpc) is 3.16. The number of thiophene rings is 1. The van der Waals surface area contributed by atoms with Gasteiger partial charge < -0.3 is 19.6 Å². The summed E-state index contributed by atoms with van der Waals surface area (Å²) in [7, 11) is 2.37. The third-order valence-electron chi connectivity index (χ3n) is 5.99. The fourth-order valence-corrected chi connectivity index (χ4v) is 5.46. The van der Waals surface area contributed by atoms with Crippen LogP contribution in [0.15, 0.2) is 35.7 Å². The largest absolute Gasteiger partial charge is 0.465 e. The van der Waals surface area contributed by atoms with Gasteiger partial charge in [-0.05, 0) is 37.1 Å². The number of aliphatic hydroxyl groups excluding tert-OH is 1. The topological polar surface area (TPSA) is 75.6 Å². The molecule has 6 nitrogen and oxygen atoms in total. The smallest absolute Gasteiger partial charge is 0.350 e. The van der Waals surface area contributed by atoms with Gasteiger partial charge in [-0.1, -0.05) is 37.3 Å². The average molecular weight is 448 g/mol. The quantitative estimate of drug-likeness (QED) is 0.488. The van der Waals surface area contributed by atoms with Gasteiger partial charge in [0.2, 0.25) is 0 Å². The molecule has 1 aliphatic heterocycles. The molecular weight excluding hydrogens is 412 g/mol. The number of hydrogen-bond acceptors (Lipinski definition) is 5. The van der Waals surface area contributed by atoms with Crippen LogP contribution in [0.25, 0.3) is 0 Å². The Morgan fingerprint density at radius 1 is 1.16 bits per heavy atom. The number of methoxy groups -OCH3 is 1. The number of nitrogens with zero attached hydrogens (tertiary/aromatic N) is 1. The summed E-state index contributed by atoms with van der Waals surface area (Å²) in [6, 6.07) is 10.3. The minimum Gasteiger partial charge on any atom is -0.465 e. The molecule has 1 unspecified atom stereocenters. The molecule has 1 aromatic carbocycles. The summed E-state index contributed by atoms with van der Waals surface area (Å²) in [5.74, 6) is -0.408. The Morgan fingerprint density at radius 3 is 2.39 bits per heavy atom. The van der Waals surface area contributed by atoms with E-state index in [1.807, 2.05) is 18.4 Å². The number of anilines is 1. The fourth-order valence-electron chi connectivity index (χ4n) is 4.54. The highest BCUT2D eigenvalue weighted by Crippen LogP contribution is 2.32. The molecular formula is C24H35N2O4S+. The van der Waals surface area contributed by atoms with Gasteiger partial charge in [-0.3, -0.25) is 4.79 Å². The summed E-state index contributed by atoms with van der Waals surface area (Å²) in [5.41, 5.74) is 2.76. The van der Waals surface area contributed by atoms with Crippen molar-refractivity contribution in [3.05, 3.63) is 51.7 Å². The number of likely N-dealkylation sites (tertiary alicyclic amines) is 1. The Morgan fingerprint density at radius 2 is 1.81 bits per heavy atom. The van der Waals surface area contributed by atoms with E-state index in [1.54, 1.807) is 0 Å². The first-order valence-corrected chi connectivity index (χ1v) is 11.7. The van der Waals surface area contributed by atoms with E-state index in [1.165, 1.54) is 30.4 Å². The van der Waals surface area contributed by atoms with E-state index in [4.69, 9.17) is 9.84 Å². The van der Waals surface area contributed by atoms with Crippen LogP contribution in [-0.2, 0) is 16.1 Å². The molecule has 0 saturated carbocycles. The van der Waals surface area contributed by atoms with Crippen LogP contribution in [0, 0.1) is 6.92 Å². The zero-order chi connectivity index (χ0) is 22.9. The minimum absolute atomic E-state index is 0.00279. The van der Waals surface area contributed by atoms with Gasteiger partial charge in [0.25, 0.3) is 5.91 Å². The molecule has 1 aliphatic rings.